The van der Waals surface area contributed by atoms with Crippen LogP contribution in [0.5, 0.6) is 0 Å². The Morgan fingerprint density at radius 1 is 0.348 bits per heavy atom. The van der Waals surface area contributed by atoms with Crippen LogP contribution in [0.3, 0.4) is 0 Å². The molecule has 0 spiro atoms. The molecule has 2 N–H and O–H groups in total. The summed E-state index contributed by atoms with van der Waals surface area (Å²) in [5, 5.41) is 0. The minimum Gasteiger partial charge on any atom is -1.00 e. The van der Waals surface area contributed by atoms with Crippen LogP contribution in [0.4, 0.5) is 0 Å². The summed E-state index contributed by atoms with van der Waals surface area (Å²) in [7, 11) is 6.15. The van der Waals surface area contributed by atoms with Crippen LogP contribution >= 0.6 is 0 Å². The van der Waals surface area contributed by atoms with Gasteiger partial charge in [-0.1, -0.05) is 71.1 Å². The van der Waals surface area contributed by atoms with Gasteiger partial charge in [0.15, 0.2) is 49.6 Å². The van der Waals surface area contributed by atoms with Crippen molar-refractivity contribution >= 4 is 46.4 Å². The summed E-state index contributed by atoms with van der Waals surface area (Å²) in [4.78, 5) is 18.7. The highest BCUT2D eigenvalue weighted by Gasteiger charge is 2.21. The number of aromatic amines is 2. The number of nitrogens with one attached hydrogen (secondary N) is 2. The Morgan fingerprint density at radius 3 is 1.01 bits per heavy atom. The number of aryl methyl sites for hydroxylation is 4. The van der Waals surface area contributed by atoms with Gasteiger partial charge in [0, 0.05) is 99.3 Å². The number of pyridine rings is 4. The first-order valence-corrected chi connectivity index (χ1v) is 23.9. The maximum absolute atomic E-state index is 5.44. The lowest BCUT2D eigenvalue weighted by molar-refractivity contribution is -0.697. The van der Waals surface area contributed by atoms with E-state index in [0.717, 1.165) is 95.9 Å². The number of aromatic nitrogens is 8. The van der Waals surface area contributed by atoms with Gasteiger partial charge < -0.3 is 59.6 Å². The van der Waals surface area contributed by atoms with Crippen molar-refractivity contribution in [1.29, 1.82) is 0 Å². The van der Waals surface area contributed by atoms with Gasteiger partial charge in [0.05, 0.1) is 22.8 Å². The fourth-order valence-electron chi connectivity index (χ4n) is 9.33. The van der Waals surface area contributed by atoms with Crippen LogP contribution in [0.15, 0.2) is 122 Å². The van der Waals surface area contributed by atoms with E-state index in [1.54, 1.807) is 0 Å². The molecule has 69 heavy (non-hydrogen) atoms. The normalized spacial score (nSPS) is 11.4. The maximum atomic E-state index is 5.44. The molecule has 12 heteroatoms. The van der Waals surface area contributed by atoms with Gasteiger partial charge >= 0.3 is 0 Å². The third-order valence-corrected chi connectivity index (χ3v) is 13.0. The van der Waals surface area contributed by atoms with Crippen LogP contribution in [0.1, 0.15) is 107 Å². The van der Waals surface area contributed by atoms with Crippen LogP contribution in [0.25, 0.3) is 90.9 Å². The molecular weight excluding hydrogens is 938 g/mol. The van der Waals surface area contributed by atoms with E-state index in [1.807, 2.05) is 7.05 Å². The van der Waals surface area contributed by atoms with Crippen molar-refractivity contribution in [2.45, 2.75) is 90.5 Å². The Hall–Kier alpha value is -5.64. The first-order chi connectivity index (χ1) is 31.9. The number of H-pyrrole nitrogens is 2. The fraction of sp³-hybridized carbons (Fsp3) is 0.298. The fourth-order valence-corrected chi connectivity index (χ4v) is 9.33. The Labute approximate surface area is 433 Å². The second-order valence-corrected chi connectivity index (χ2v) is 18.0. The van der Waals surface area contributed by atoms with Crippen molar-refractivity contribution in [3.63, 3.8) is 0 Å². The molecule has 0 aromatic carbocycles. The van der Waals surface area contributed by atoms with E-state index in [0.29, 0.717) is 0 Å². The van der Waals surface area contributed by atoms with Crippen LogP contribution in [-0.2, 0) is 27.7 Å². The zero-order valence-corrected chi connectivity index (χ0v) is 43.3. The smallest absolute Gasteiger partial charge is 0.169 e. The van der Waals surface area contributed by atoms with E-state index < -0.39 is 0 Å². The quantitative estimate of drug-likeness (QED) is 0.0983. The molecule has 9 rings (SSSR count). The summed E-state index contributed by atoms with van der Waals surface area (Å²) >= 11 is 0. The lowest BCUT2D eigenvalue weighted by atomic mass is 10.0. The summed E-state index contributed by atoms with van der Waals surface area (Å²) in [5.41, 5.74) is 16.1. The second-order valence-electron chi connectivity index (χ2n) is 18.0. The van der Waals surface area contributed by atoms with Crippen molar-refractivity contribution in [3.05, 3.63) is 145 Å². The summed E-state index contributed by atoms with van der Waals surface area (Å²) in [5.74, 6) is 0. The molecule has 8 bridgehead atoms. The molecule has 7 aromatic rings. The first-order valence-electron chi connectivity index (χ1n) is 23.9. The summed E-state index contributed by atoms with van der Waals surface area (Å²) in [6.45, 7) is 3.32. The van der Waals surface area contributed by atoms with Crippen molar-refractivity contribution < 1.29 is 67.9 Å². The average molecular weight is 1000 g/mol. The van der Waals surface area contributed by atoms with Crippen molar-refractivity contribution in [2.75, 3.05) is 0 Å². The molecule has 360 valence electrons. The predicted octanol–water partition coefficient (Wildman–Crippen LogP) is -0.198. The number of hydrogen-bond acceptors (Lipinski definition) is 2. The Kier molecular flexibility index (Phi) is 20.3. The van der Waals surface area contributed by atoms with Crippen LogP contribution in [0.2, 0.25) is 0 Å². The molecule has 9 heterocycles. The van der Waals surface area contributed by atoms with E-state index in [4.69, 9.17) is 9.97 Å². The lowest BCUT2D eigenvalue weighted by Gasteiger charge is -2.06. The molecule has 8 nitrogen and oxygen atoms in total. The number of unbranched alkanes of at least 4 members (excludes halogenated alkanes) is 11. The summed E-state index contributed by atoms with van der Waals surface area (Å²) in [6.07, 6.45) is 41.9. The zero-order chi connectivity index (χ0) is 44.5. The van der Waals surface area contributed by atoms with Gasteiger partial charge in [-0.3, -0.25) is 0 Å². The Balaban J connectivity index is 0.00000222. The molecule has 0 saturated carbocycles. The summed E-state index contributed by atoms with van der Waals surface area (Å²) in [6, 6.07) is 26.4. The largest absolute Gasteiger partial charge is 1.00 e. The molecule has 7 aromatic heterocycles. The van der Waals surface area contributed by atoms with Gasteiger partial charge in [0.25, 0.3) is 0 Å². The summed E-state index contributed by atoms with van der Waals surface area (Å²) < 4.78 is 8.54. The number of hydrogen-bond donors (Lipinski definition) is 2. The highest BCUT2D eigenvalue weighted by atomic mass is 35.5. The van der Waals surface area contributed by atoms with Gasteiger partial charge in [-0.05, 0) is 77.2 Å². The minimum absolute atomic E-state index is 0. The molecule has 2 aliphatic heterocycles. The average Bonchev–Trinajstić information content (AvgIpc) is 4.18. The lowest BCUT2D eigenvalue weighted by Crippen LogP contribution is -3.00. The highest BCUT2D eigenvalue weighted by Crippen LogP contribution is 2.38. The number of rotatable bonds is 17. The molecule has 0 saturated heterocycles. The molecule has 0 fully saturated rings. The van der Waals surface area contributed by atoms with Crippen molar-refractivity contribution in [2.24, 2.45) is 21.1 Å². The first kappa shape index (κ1) is 54.3. The number of nitrogens with zero attached hydrogens (tertiary/aromatic N) is 6. The van der Waals surface area contributed by atoms with Crippen molar-refractivity contribution in [1.82, 2.24) is 19.9 Å². The van der Waals surface area contributed by atoms with Crippen LogP contribution in [-0.4, -0.2) is 19.9 Å². The molecule has 0 amide bonds. The van der Waals surface area contributed by atoms with Gasteiger partial charge in [-0.15, -0.1) is 0 Å². The molecule has 0 aliphatic carbocycles. The molecule has 0 unspecified atom stereocenters. The standard InChI is InChI=1S/C57H63N8.4ClH/c1-5-6-7-8-9-10-11-12-13-14-15-16-33-65-40-31-45(32-41-65)57-52-23-21-50(60-52)55(43-27-36-63(3)37-28-43)48-19-17-46(58-48)54(42-25-34-62(2)35-26-42)47-18-20-49(59-47)56(51-22-24-53(57)61-51)44-29-38-64(4)39-30-44;;;;/h17-32,34-41H,5-16,33H2,1-4H3,(H,58,59,60,61);4*1H/q+3;;;;/p-3. The number of fused-ring (bicyclic) bond motifs is 8. The topological polar surface area (TPSA) is 72.9 Å². The maximum Gasteiger partial charge on any atom is 0.169 e. The van der Waals surface area contributed by atoms with Crippen LogP contribution < -0.4 is 67.9 Å². The third kappa shape index (κ3) is 13.0. The van der Waals surface area contributed by atoms with E-state index >= 15 is 0 Å². The highest BCUT2D eigenvalue weighted by molar-refractivity contribution is 6.00. The minimum atomic E-state index is 0. The van der Waals surface area contributed by atoms with E-state index in [2.05, 4.69) is 196 Å². The molecule has 0 radical (unpaired) electrons. The van der Waals surface area contributed by atoms with Gasteiger partial charge in [0.1, 0.15) is 27.7 Å². The molecular formula is C57H64Cl4N8. The molecule has 2 aliphatic rings. The third-order valence-electron chi connectivity index (χ3n) is 13.0. The SMILES string of the molecule is CCCCCCCCCCCCCC[n+]1ccc(-c2c3ccc([nH]3)c(-c3cc[n+](C)cc3)c3nc(c(-c4cc[n+](C)cc4)c4nc(c(-c5cc[n+](C)cc5)c5ccc2[nH]5)C=C4)C=C3)cc1.[Cl-].[Cl-].[Cl-].[Cl-]. The Bertz CT molecular complexity index is 2850. The Morgan fingerprint density at radius 2 is 0.638 bits per heavy atom. The van der Waals surface area contributed by atoms with E-state index in [-0.39, 0.29) is 49.6 Å². The predicted molar refractivity (Wildman–Crippen MR) is 265 cm³/mol. The van der Waals surface area contributed by atoms with Crippen molar-refractivity contribution in [3.8, 4) is 44.5 Å². The molecule has 0 atom stereocenters. The van der Waals surface area contributed by atoms with E-state index in [1.165, 1.54) is 77.0 Å². The van der Waals surface area contributed by atoms with Gasteiger partial charge in [-0.25, -0.2) is 28.2 Å². The van der Waals surface area contributed by atoms with E-state index in [9.17, 15) is 0 Å². The second kappa shape index (κ2) is 25.8. The number of halogens is 4. The zero-order valence-electron chi connectivity index (χ0n) is 40.2. The monoisotopic (exact) mass is 1000 g/mol. The van der Waals surface area contributed by atoms with Gasteiger partial charge in [0.2, 0.25) is 0 Å². The van der Waals surface area contributed by atoms with Crippen LogP contribution in [0, 0.1) is 0 Å². The van der Waals surface area contributed by atoms with Gasteiger partial charge in [-0.2, -0.15) is 0 Å².